The minimum Gasteiger partial charge on any atom is -0.458 e. The van der Waals surface area contributed by atoms with Gasteiger partial charge in [-0.2, -0.15) is 0 Å². The minimum atomic E-state index is -0.314. The van der Waals surface area contributed by atoms with E-state index >= 15 is 0 Å². The lowest BCUT2D eigenvalue weighted by Crippen LogP contribution is -2.54. The van der Waals surface area contributed by atoms with E-state index in [1.807, 2.05) is 0 Å². The zero-order chi connectivity index (χ0) is 19.5. The van der Waals surface area contributed by atoms with E-state index in [0.717, 1.165) is 80.3 Å². The fraction of sp³-hybridized carbons (Fsp3) is 0.667. The summed E-state index contributed by atoms with van der Waals surface area (Å²) in [6.45, 7) is 4.31. The van der Waals surface area contributed by atoms with Crippen LogP contribution in [0.25, 0.3) is 0 Å². The van der Waals surface area contributed by atoms with E-state index in [1.165, 1.54) is 0 Å². The van der Waals surface area contributed by atoms with E-state index in [-0.39, 0.29) is 29.4 Å². The van der Waals surface area contributed by atoms with Crippen molar-refractivity contribution in [2.45, 2.75) is 77.7 Å². The third kappa shape index (κ3) is 2.29. The Hall–Kier alpha value is -1.84. The second-order valence-electron chi connectivity index (χ2n) is 9.18. The van der Waals surface area contributed by atoms with Crippen molar-refractivity contribution in [3.05, 3.63) is 34.6 Å². The predicted octanol–water partition coefficient (Wildman–Crippen LogP) is 5.00. The van der Waals surface area contributed by atoms with Gasteiger partial charge in [0.1, 0.15) is 11.9 Å². The molecule has 2 bridgehead atoms. The first-order valence-corrected chi connectivity index (χ1v) is 11.2. The summed E-state index contributed by atoms with van der Waals surface area (Å²) in [5, 5.41) is 0. The summed E-state index contributed by atoms with van der Waals surface area (Å²) in [7, 11) is 0. The number of cyclic esters (lactones) is 2. The van der Waals surface area contributed by atoms with Crippen LogP contribution >= 0.6 is 0 Å². The second kappa shape index (κ2) is 6.60. The van der Waals surface area contributed by atoms with Gasteiger partial charge in [0.15, 0.2) is 0 Å². The molecule has 150 valence electrons. The van der Waals surface area contributed by atoms with Crippen LogP contribution in [-0.4, -0.2) is 18.0 Å². The Kier molecular flexibility index (Phi) is 4.29. The molecule has 2 heterocycles. The molecule has 6 aliphatic rings. The van der Waals surface area contributed by atoms with Crippen molar-refractivity contribution in [2.24, 2.45) is 23.2 Å². The van der Waals surface area contributed by atoms with Gasteiger partial charge in [-0.25, -0.2) is 9.59 Å². The highest BCUT2D eigenvalue weighted by Gasteiger charge is 2.67. The minimum absolute atomic E-state index is 0.0864. The zero-order valence-corrected chi connectivity index (χ0v) is 17.0. The van der Waals surface area contributed by atoms with Gasteiger partial charge in [0.25, 0.3) is 0 Å². The Balaban J connectivity index is 1.63. The van der Waals surface area contributed by atoms with Crippen LogP contribution < -0.4 is 0 Å². The maximum atomic E-state index is 13.0. The molecular formula is C24H30O4. The summed E-state index contributed by atoms with van der Waals surface area (Å²) in [6, 6.07) is 0. The fourth-order valence-corrected chi connectivity index (χ4v) is 6.73. The Morgan fingerprint density at radius 3 is 2.82 bits per heavy atom. The van der Waals surface area contributed by atoms with E-state index in [4.69, 9.17) is 9.47 Å². The topological polar surface area (TPSA) is 52.6 Å². The molecule has 0 unspecified atom stereocenters. The standard InChI is InChI=1S/C24H30O4/c1-3-5-7-18-16-10-9-15-14-11-12-24(21(15)20(16)23(26)27-18)17(13-14)22(25)28-19(24)8-6-4-2/h7,13-15,19,21H,3-6,8-12H2,1-2H3/b18-7+/t14-,15-,19-,21+,24+/m0/s1. The van der Waals surface area contributed by atoms with Gasteiger partial charge < -0.3 is 9.47 Å². The van der Waals surface area contributed by atoms with Gasteiger partial charge in [0.2, 0.25) is 0 Å². The van der Waals surface area contributed by atoms with E-state index in [0.29, 0.717) is 11.8 Å². The predicted molar refractivity (Wildman–Crippen MR) is 105 cm³/mol. The lowest BCUT2D eigenvalue weighted by Gasteiger charge is -2.55. The summed E-state index contributed by atoms with van der Waals surface area (Å²) in [5.41, 5.74) is 2.56. The number of esters is 2. The summed E-state index contributed by atoms with van der Waals surface area (Å²) in [5.74, 6) is 1.41. The summed E-state index contributed by atoms with van der Waals surface area (Å²) >= 11 is 0. The lowest BCUT2D eigenvalue weighted by molar-refractivity contribution is -0.141. The molecule has 0 aromatic heterocycles. The molecule has 4 aliphatic carbocycles. The first-order chi connectivity index (χ1) is 13.6. The molecule has 2 aliphatic heterocycles. The molecule has 28 heavy (non-hydrogen) atoms. The number of carbonyl (C=O) groups is 2. The fourth-order valence-electron chi connectivity index (χ4n) is 6.73. The Morgan fingerprint density at radius 1 is 1.18 bits per heavy atom. The van der Waals surface area contributed by atoms with Crippen LogP contribution in [0.5, 0.6) is 0 Å². The molecule has 4 nitrogen and oxygen atoms in total. The average molecular weight is 383 g/mol. The third-order valence-electron chi connectivity index (χ3n) is 7.87. The van der Waals surface area contributed by atoms with Crippen LogP contribution in [0.1, 0.15) is 71.6 Å². The van der Waals surface area contributed by atoms with Crippen molar-refractivity contribution in [1.82, 2.24) is 0 Å². The Labute approximate surface area is 167 Å². The second-order valence-corrected chi connectivity index (χ2v) is 9.18. The molecule has 1 spiro atoms. The first-order valence-electron chi connectivity index (χ1n) is 11.2. The summed E-state index contributed by atoms with van der Waals surface area (Å²) in [4.78, 5) is 25.8. The largest absolute Gasteiger partial charge is 0.458 e. The van der Waals surface area contributed by atoms with Gasteiger partial charge in [-0.05, 0) is 56.4 Å². The normalized spacial score (nSPS) is 39.5. The summed E-state index contributed by atoms with van der Waals surface area (Å²) in [6.07, 6.45) is 13.3. The van der Waals surface area contributed by atoms with E-state index in [9.17, 15) is 9.59 Å². The van der Waals surface area contributed by atoms with Crippen LogP contribution in [-0.2, 0) is 19.1 Å². The third-order valence-corrected chi connectivity index (χ3v) is 7.87. The van der Waals surface area contributed by atoms with E-state index < -0.39 is 0 Å². The van der Waals surface area contributed by atoms with Crippen LogP contribution in [0.15, 0.2) is 34.6 Å². The number of fused-ring (bicyclic) bond motifs is 1. The molecular weight excluding hydrogens is 352 g/mol. The van der Waals surface area contributed by atoms with E-state index in [2.05, 4.69) is 26.0 Å². The summed E-state index contributed by atoms with van der Waals surface area (Å²) < 4.78 is 11.7. The molecule has 0 radical (unpaired) electrons. The first kappa shape index (κ1) is 18.2. The van der Waals surface area contributed by atoms with Crippen molar-refractivity contribution in [3.8, 4) is 0 Å². The Morgan fingerprint density at radius 2 is 2.04 bits per heavy atom. The molecule has 1 saturated heterocycles. The molecule has 0 N–H and O–H groups in total. The van der Waals surface area contributed by atoms with Crippen LogP contribution in [0.4, 0.5) is 0 Å². The monoisotopic (exact) mass is 382 g/mol. The quantitative estimate of drug-likeness (QED) is 0.628. The number of ether oxygens (including phenoxy) is 2. The molecule has 4 heteroatoms. The lowest BCUT2D eigenvalue weighted by atomic mass is 9.45. The number of carbonyl (C=O) groups excluding carboxylic acids is 2. The van der Waals surface area contributed by atoms with Gasteiger partial charge >= 0.3 is 11.9 Å². The van der Waals surface area contributed by atoms with Gasteiger partial charge in [0, 0.05) is 28.1 Å². The number of rotatable bonds is 5. The average Bonchev–Trinajstić information content (AvgIpc) is 3.19. The van der Waals surface area contributed by atoms with Crippen molar-refractivity contribution < 1.29 is 19.1 Å². The SMILES string of the molecule is CCC/C=C1/OC(=O)C2=C1CC[C@H]1[C@@H]3C=C4C(=O)O[C@@H](CCCC)[C@]4(CC3)[C@@H]21. The van der Waals surface area contributed by atoms with Crippen LogP contribution in [0.2, 0.25) is 0 Å². The Bertz CT molecular complexity index is 816. The maximum absolute atomic E-state index is 13.0. The number of hydrogen-bond donors (Lipinski definition) is 0. The van der Waals surface area contributed by atoms with Gasteiger partial charge in [-0.15, -0.1) is 0 Å². The smallest absolute Gasteiger partial charge is 0.340 e. The van der Waals surface area contributed by atoms with Crippen molar-refractivity contribution in [1.29, 1.82) is 0 Å². The number of allylic oxidation sites excluding steroid dienone is 3. The molecule has 0 aromatic rings. The van der Waals surface area contributed by atoms with Crippen molar-refractivity contribution >= 4 is 11.9 Å². The molecule has 0 aromatic carbocycles. The van der Waals surface area contributed by atoms with Crippen molar-refractivity contribution in [2.75, 3.05) is 0 Å². The highest BCUT2D eigenvalue weighted by molar-refractivity contribution is 5.98. The maximum Gasteiger partial charge on any atom is 0.340 e. The molecule has 5 atom stereocenters. The molecule has 6 rings (SSSR count). The van der Waals surface area contributed by atoms with Gasteiger partial charge in [-0.1, -0.05) is 39.2 Å². The van der Waals surface area contributed by atoms with Crippen molar-refractivity contribution in [3.63, 3.8) is 0 Å². The molecule has 0 amide bonds. The van der Waals surface area contributed by atoms with Gasteiger partial charge in [-0.3, -0.25) is 0 Å². The van der Waals surface area contributed by atoms with Gasteiger partial charge in [0.05, 0.1) is 0 Å². The van der Waals surface area contributed by atoms with Crippen LogP contribution in [0, 0.1) is 23.2 Å². The van der Waals surface area contributed by atoms with E-state index in [1.54, 1.807) is 0 Å². The number of unbranched alkanes of at least 4 members (excludes halogenated alkanes) is 2. The highest BCUT2D eigenvalue weighted by Crippen LogP contribution is 2.67. The zero-order valence-electron chi connectivity index (χ0n) is 17.0. The molecule has 2 fully saturated rings. The van der Waals surface area contributed by atoms with Crippen LogP contribution in [0.3, 0.4) is 0 Å². The highest BCUT2D eigenvalue weighted by atomic mass is 16.6. The number of hydrogen-bond acceptors (Lipinski definition) is 4. The molecule has 1 saturated carbocycles.